The number of nitrogens with zero attached hydrogens (tertiary/aromatic N) is 2. The van der Waals surface area contributed by atoms with E-state index in [1.165, 1.54) is 17.3 Å². The van der Waals surface area contributed by atoms with Crippen LogP contribution in [0.15, 0.2) is 59.6 Å². The molecule has 6 heteroatoms. The van der Waals surface area contributed by atoms with Crippen LogP contribution >= 0.6 is 23.4 Å². The van der Waals surface area contributed by atoms with E-state index in [-0.39, 0.29) is 5.91 Å². The Morgan fingerprint density at radius 3 is 2.48 bits per heavy atom. The molecule has 0 radical (unpaired) electrons. The molecule has 0 saturated heterocycles. The zero-order valence-corrected chi connectivity index (χ0v) is 17.9. The monoisotopic (exact) mass is 421 g/mol. The van der Waals surface area contributed by atoms with E-state index in [0.717, 1.165) is 22.5 Å². The average molecular weight is 422 g/mol. The number of aryl methyl sites for hydroxylation is 2. The Bertz CT molecular complexity index is 1090. The molecule has 0 aliphatic rings. The van der Waals surface area contributed by atoms with Crippen LogP contribution in [0.4, 0.5) is 5.69 Å². The van der Waals surface area contributed by atoms with Crippen molar-refractivity contribution in [2.24, 2.45) is 0 Å². The first-order chi connectivity index (χ1) is 13.9. The van der Waals surface area contributed by atoms with Crippen molar-refractivity contribution in [1.82, 2.24) is 4.98 Å². The van der Waals surface area contributed by atoms with Gasteiger partial charge in [0.05, 0.1) is 16.5 Å². The molecule has 2 aromatic carbocycles. The van der Waals surface area contributed by atoms with Gasteiger partial charge in [-0.05, 0) is 68.3 Å². The van der Waals surface area contributed by atoms with Crippen molar-refractivity contribution in [2.45, 2.75) is 31.0 Å². The van der Waals surface area contributed by atoms with Gasteiger partial charge >= 0.3 is 0 Å². The molecule has 0 saturated carbocycles. The van der Waals surface area contributed by atoms with Gasteiger partial charge in [-0.3, -0.25) is 4.79 Å². The molecule has 1 N–H and O–H groups in total. The first-order valence-electron chi connectivity index (χ1n) is 9.09. The van der Waals surface area contributed by atoms with Crippen LogP contribution in [0.3, 0.4) is 0 Å². The van der Waals surface area contributed by atoms with E-state index in [1.807, 2.05) is 44.2 Å². The molecule has 0 spiro atoms. The largest absolute Gasteiger partial charge is 0.325 e. The molecule has 146 valence electrons. The average Bonchev–Trinajstić information content (AvgIpc) is 2.71. The maximum atomic E-state index is 12.6. The number of pyridine rings is 1. The number of hydrogen-bond acceptors (Lipinski definition) is 4. The second-order valence-electron chi connectivity index (χ2n) is 6.72. The molecule has 0 aliphatic carbocycles. The van der Waals surface area contributed by atoms with Gasteiger partial charge in [0.1, 0.15) is 11.1 Å². The highest BCUT2D eigenvalue weighted by atomic mass is 35.5. The zero-order chi connectivity index (χ0) is 21.0. The summed E-state index contributed by atoms with van der Waals surface area (Å²) in [5.41, 5.74) is 5.12. The summed E-state index contributed by atoms with van der Waals surface area (Å²) in [6.07, 6.45) is 0. The van der Waals surface area contributed by atoms with E-state index in [4.69, 9.17) is 11.6 Å². The van der Waals surface area contributed by atoms with Gasteiger partial charge in [0.2, 0.25) is 5.91 Å². The molecule has 3 aromatic rings. The normalized spacial score (nSPS) is 11.6. The quantitative estimate of drug-likeness (QED) is 0.512. The van der Waals surface area contributed by atoms with Crippen LogP contribution in [0.25, 0.3) is 11.3 Å². The molecular weight excluding hydrogens is 402 g/mol. The summed E-state index contributed by atoms with van der Waals surface area (Å²) >= 11 is 7.22. The van der Waals surface area contributed by atoms with Gasteiger partial charge in [0.25, 0.3) is 0 Å². The van der Waals surface area contributed by atoms with Crippen molar-refractivity contribution in [3.8, 4) is 17.3 Å². The lowest BCUT2D eigenvalue weighted by Gasteiger charge is -2.14. The third-order valence-electron chi connectivity index (χ3n) is 4.55. The topological polar surface area (TPSA) is 65.8 Å². The van der Waals surface area contributed by atoms with Crippen LogP contribution in [0.5, 0.6) is 0 Å². The fraction of sp³-hybridized carbons (Fsp3) is 0.174. The molecule has 3 rings (SSSR count). The van der Waals surface area contributed by atoms with Gasteiger partial charge < -0.3 is 5.32 Å². The minimum absolute atomic E-state index is 0.138. The smallest absolute Gasteiger partial charge is 0.237 e. The van der Waals surface area contributed by atoms with Gasteiger partial charge in [-0.1, -0.05) is 41.6 Å². The maximum absolute atomic E-state index is 12.6. The number of aromatic nitrogens is 1. The first-order valence-corrected chi connectivity index (χ1v) is 10.3. The van der Waals surface area contributed by atoms with Crippen molar-refractivity contribution in [2.75, 3.05) is 5.32 Å². The molecule has 1 amide bonds. The number of carbonyl (C=O) groups is 1. The molecule has 1 aromatic heterocycles. The Kier molecular flexibility index (Phi) is 6.58. The third-order valence-corrected chi connectivity index (χ3v) is 5.91. The molecule has 1 unspecified atom stereocenters. The fourth-order valence-corrected chi connectivity index (χ4v) is 3.70. The van der Waals surface area contributed by atoms with Crippen LogP contribution in [-0.2, 0) is 4.79 Å². The number of anilines is 1. The lowest BCUT2D eigenvalue weighted by molar-refractivity contribution is -0.115. The van der Waals surface area contributed by atoms with Crippen LogP contribution in [0.1, 0.15) is 23.6 Å². The Morgan fingerprint density at radius 1 is 1.10 bits per heavy atom. The minimum Gasteiger partial charge on any atom is -0.325 e. The van der Waals surface area contributed by atoms with Crippen molar-refractivity contribution in [3.05, 3.63) is 76.3 Å². The number of nitriles is 1. The van der Waals surface area contributed by atoms with E-state index in [2.05, 4.69) is 16.4 Å². The summed E-state index contributed by atoms with van der Waals surface area (Å²) in [7, 11) is 0. The summed E-state index contributed by atoms with van der Waals surface area (Å²) in [5, 5.41) is 13.1. The Balaban J connectivity index is 1.79. The predicted octanol–water partition coefficient (Wildman–Crippen LogP) is 6.01. The second kappa shape index (κ2) is 9.13. The Labute approximate surface area is 179 Å². The molecule has 4 nitrogen and oxygen atoms in total. The van der Waals surface area contributed by atoms with Crippen LogP contribution in [0, 0.1) is 25.2 Å². The molecule has 0 bridgehead atoms. The van der Waals surface area contributed by atoms with E-state index in [9.17, 15) is 10.1 Å². The predicted molar refractivity (Wildman–Crippen MR) is 119 cm³/mol. The number of hydrogen-bond donors (Lipinski definition) is 1. The standard InChI is InChI=1S/C23H20ClN3OS/c1-14-4-10-20(12-15(14)2)26-22(28)16(3)29-23-18(13-25)7-11-21(27-23)17-5-8-19(24)9-6-17/h4-12,16H,1-3H3,(H,26,28). The van der Waals surface area contributed by atoms with Crippen molar-refractivity contribution >= 4 is 35.0 Å². The van der Waals surface area contributed by atoms with Gasteiger partial charge in [0, 0.05) is 16.3 Å². The summed E-state index contributed by atoms with van der Waals surface area (Å²) in [6.45, 7) is 5.84. The Morgan fingerprint density at radius 2 is 1.83 bits per heavy atom. The number of carbonyl (C=O) groups excluding carboxylic acids is 1. The summed E-state index contributed by atoms with van der Waals surface area (Å²) in [6, 6.07) is 18.8. The van der Waals surface area contributed by atoms with Crippen LogP contribution in [-0.4, -0.2) is 16.1 Å². The highest BCUT2D eigenvalue weighted by Gasteiger charge is 2.18. The molecule has 29 heavy (non-hydrogen) atoms. The Hall–Kier alpha value is -2.81. The number of benzene rings is 2. The lowest BCUT2D eigenvalue weighted by atomic mass is 10.1. The first kappa shape index (κ1) is 20.9. The van der Waals surface area contributed by atoms with E-state index in [1.54, 1.807) is 31.2 Å². The highest BCUT2D eigenvalue weighted by Crippen LogP contribution is 2.29. The van der Waals surface area contributed by atoms with Crippen molar-refractivity contribution in [1.29, 1.82) is 5.26 Å². The minimum atomic E-state index is -0.420. The number of halogens is 1. The second-order valence-corrected chi connectivity index (χ2v) is 8.48. The van der Waals surface area contributed by atoms with Crippen LogP contribution in [0.2, 0.25) is 5.02 Å². The fourth-order valence-electron chi connectivity index (χ4n) is 2.68. The molecule has 0 aliphatic heterocycles. The van der Waals surface area contributed by atoms with Gasteiger partial charge in [-0.15, -0.1) is 0 Å². The van der Waals surface area contributed by atoms with E-state index < -0.39 is 5.25 Å². The zero-order valence-electron chi connectivity index (χ0n) is 16.4. The number of amides is 1. The number of thioether (sulfide) groups is 1. The highest BCUT2D eigenvalue weighted by molar-refractivity contribution is 8.00. The van der Waals surface area contributed by atoms with Gasteiger partial charge in [-0.2, -0.15) is 5.26 Å². The summed E-state index contributed by atoms with van der Waals surface area (Å²) in [4.78, 5) is 17.3. The van der Waals surface area contributed by atoms with Gasteiger partial charge in [-0.25, -0.2) is 4.98 Å². The van der Waals surface area contributed by atoms with Crippen LogP contribution < -0.4 is 5.32 Å². The number of nitrogens with one attached hydrogen (secondary N) is 1. The van der Waals surface area contributed by atoms with Gasteiger partial charge in [0.15, 0.2) is 0 Å². The lowest BCUT2D eigenvalue weighted by Crippen LogP contribution is -2.22. The van der Waals surface area contributed by atoms with Crippen molar-refractivity contribution in [3.63, 3.8) is 0 Å². The number of rotatable bonds is 5. The molecule has 1 atom stereocenters. The molecular formula is C23H20ClN3OS. The SMILES string of the molecule is Cc1ccc(NC(=O)C(C)Sc2nc(-c3ccc(Cl)cc3)ccc2C#N)cc1C. The summed E-state index contributed by atoms with van der Waals surface area (Å²) < 4.78 is 0. The van der Waals surface area contributed by atoms with E-state index >= 15 is 0 Å². The molecule has 0 fully saturated rings. The van der Waals surface area contributed by atoms with Crippen molar-refractivity contribution < 1.29 is 4.79 Å². The maximum Gasteiger partial charge on any atom is 0.237 e. The summed E-state index contributed by atoms with van der Waals surface area (Å²) in [5.74, 6) is -0.138. The molecule has 1 heterocycles. The third kappa shape index (κ3) is 5.17. The van der Waals surface area contributed by atoms with E-state index in [0.29, 0.717) is 15.6 Å².